The van der Waals surface area contributed by atoms with Gasteiger partial charge in [-0.25, -0.2) is 9.69 Å². The van der Waals surface area contributed by atoms with Gasteiger partial charge in [-0.2, -0.15) is 0 Å². The van der Waals surface area contributed by atoms with E-state index in [2.05, 4.69) is 10.1 Å². The number of hydrogen-bond acceptors (Lipinski definition) is 5. The summed E-state index contributed by atoms with van der Waals surface area (Å²) in [6.07, 6.45) is 4.98. The highest BCUT2D eigenvalue weighted by molar-refractivity contribution is 6.13. The number of carbonyl (C=O) groups excluding carboxylic acids is 3. The van der Waals surface area contributed by atoms with Gasteiger partial charge in [0, 0.05) is 19.8 Å². The number of rotatable bonds is 5. The topological polar surface area (TPSA) is 79.0 Å². The Balaban J connectivity index is 2.05. The first kappa shape index (κ1) is 17.3. The van der Waals surface area contributed by atoms with Crippen LogP contribution < -0.4 is 10.2 Å². The van der Waals surface area contributed by atoms with Crippen molar-refractivity contribution in [2.45, 2.75) is 0 Å². The molecule has 7 heteroatoms. The number of hydrogen-bond donors (Lipinski definition) is 1. The van der Waals surface area contributed by atoms with Crippen molar-refractivity contribution in [3.05, 3.63) is 47.7 Å². The molecule has 1 N–H and O–H groups in total. The van der Waals surface area contributed by atoms with E-state index in [9.17, 15) is 14.4 Å². The standard InChI is InChI=1S/C17H19N3O4/c1-19(2)13-9-7-12(8-10-13)5-4-6-14-16(22)20(17(23)18-14)11-15(21)24-3/h4-10H,11H2,1-3H3,(H,18,23). The Morgan fingerprint density at radius 1 is 1.25 bits per heavy atom. The van der Waals surface area contributed by atoms with Crippen molar-refractivity contribution in [2.24, 2.45) is 0 Å². The number of carbonyl (C=O) groups is 3. The lowest BCUT2D eigenvalue weighted by atomic mass is 10.2. The van der Waals surface area contributed by atoms with Crippen molar-refractivity contribution in [2.75, 3.05) is 32.6 Å². The van der Waals surface area contributed by atoms with Gasteiger partial charge in [-0.1, -0.05) is 24.3 Å². The van der Waals surface area contributed by atoms with Crippen molar-refractivity contribution < 1.29 is 19.1 Å². The quantitative estimate of drug-likeness (QED) is 0.501. The largest absolute Gasteiger partial charge is 0.468 e. The zero-order valence-corrected chi connectivity index (χ0v) is 13.8. The van der Waals surface area contributed by atoms with E-state index >= 15 is 0 Å². The lowest BCUT2D eigenvalue weighted by Gasteiger charge is -2.11. The van der Waals surface area contributed by atoms with Crippen LogP contribution >= 0.6 is 0 Å². The number of esters is 1. The molecule has 1 aromatic carbocycles. The van der Waals surface area contributed by atoms with Crippen molar-refractivity contribution in [3.8, 4) is 0 Å². The number of ether oxygens (including phenoxy) is 1. The molecule has 0 radical (unpaired) electrons. The number of urea groups is 1. The van der Waals surface area contributed by atoms with Crippen molar-refractivity contribution in [3.63, 3.8) is 0 Å². The number of methoxy groups -OCH3 is 1. The fourth-order valence-corrected chi connectivity index (χ4v) is 2.06. The maximum atomic E-state index is 12.1. The molecular weight excluding hydrogens is 310 g/mol. The van der Waals surface area contributed by atoms with Gasteiger partial charge in [0.25, 0.3) is 5.91 Å². The van der Waals surface area contributed by atoms with Crippen LogP contribution in [0.5, 0.6) is 0 Å². The van der Waals surface area contributed by atoms with Crippen molar-refractivity contribution >= 4 is 29.7 Å². The normalized spacial score (nSPS) is 16.0. The van der Waals surface area contributed by atoms with Crippen LogP contribution in [0.3, 0.4) is 0 Å². The molecule has 0 bridgehead atoms. The fraction of sp³-hybridized carbons (Fsp3) is 0.235. The summed E-state index contributed by atoms with van der Waals surface area (Å²) in [5, 5.41) is 2.43. The zero-order valence-electron chi connectivity index (χ0n) is 13.8. The number of anilines is 1. The maximum Gasteiger partial charge on any atom is 0.329 e. The van der Waals surface area contributed by atoms with Crippen LogP contribution in [0.1, 0.15) is 5.56 Å². The number of nitrogens with one attached hydrogen (secondary N) is 1. The van der Waals surface area contributed by atoms with E-state index in [0.717, 1.165) is 16.2 Å². The predicted molar refractivity (Wildman–Crippen MR) is 90.1 cm³/mol. The molecule has 2 rings (SSSR count). The first-order valence-electron chi connectivity index (χ1n) is 7.28. The van der Waals surface area contributed by atoms with Crippen molar-refractivity contribution in [1.29, 1.82) is 0 Å². The minimum absolute atomic E-state index is 0.116. The third-order valence-electron chi connectivity index (χ3n) is 3.44. The molecular formula is C17H19N3O4. The minimum Gasteiger partial charge on any atom is -0.468 e. The average molecular weight is 329 g/mol. The lowest BCUT2D eigenvalue weighted by molar-refractivity contribution is -0.143. The summed E-state index contributed by atoms with van der Waals surface area (Å²) >= 11 is 0. The van der Waals surface area contributed by atoms with Crippen LogP contribution in [0.25, 0.3) is 6.08 Å². The van der Waals surface area contributed by atoms with Gasteiger partial charge in [0.1, 0.15) is 12.2 Å². The molecule has 0 aliphatic carbocycles. The van der Waals surface area contributed by atoms with E-state index in [-0.39, 0.29) is 5.70 Å². The Morgan fingerprint density at radius 2 is 1.92 bits per heavy atom. The van der Waals surface area contributed by atoms with Crippen LogP contribution in [-0.4, -0.2) is 50.6 Å². The summed E-state index contributed by atoms with van der Waals surface area (Å²) < 4.78 is 4.46. The number of imide groups is 1. The number of amides is 3. The second-order valence-corrected chi connectivity index (χ2v) is 5.32. The Kier molecular flexibility index (Phi) is 5.36. The smallest absolute Gasteiger partial charge is 0.329 e. The van der Waals surface area contributed by atoms with Crippen LogP contribution in [0.15, 0.2) is 42.1 Å². The second-order valence-electron chi connectivity index (χ2n) is 5.32. The summed E-state index contributed by atoms with van der Waals surface area (Å²) in [5.74, 6) is -1.21. The Morgan fingerprint density at radius 3 is 2.50 bits per heavy atom. The van der Waals surface area contributed by atoms with E-state index in [0.29, 0.717) is 0 Å². The van der Waals surface area contributed by atoms with Gasteiger partial charge in [0.05, 0.1) is 7.11 Å². The molecule has 24 heavy (non-hydrogen) atoms. The number of allylic oxidation sites excluding steroid dienone is 2. The predicted octanol–water partition coefficient (Wildman–Crippen LogP) is 1.37. The Hall–Kier alpha value is -3.09. The lowest BCUT2D eigenvalue weighted by Crippen LogP contribution is -2.36. The Labute approximate surface area is 140 Å². The van der Waals surface area contributed by atoms with E-state index in [1.54, 1.807) is 6.08 Å². The third kappa shape index (κ3) is 4.01. The van der Waals surface area contributed by atoms with Gasteiger partial charge in [0.15, 0.2) is 0 Å². The zero-order chi connectivity index (χ0) is 17.7. The van der Waals surface area contributed by atoms with Crippen molar-refractivity contribution in [1.82, 2.24) is 10.2 Å². The van der Waals surface area contributed by atoms with Crippen LogP contribution in [0.2, 0.25) is 0 Å². The highest BCUT2D eigenvalue weighted by atomic mass is 16.5. The molecule has 1 heterocycles. The van der Waals surface area contributed by atoms with E-state index in [4.69, 9.17) is 0 Å². The molecule has 126 valence electrons. The maximum absolute atomic E-state index is 12.1. The van der Waals surface area contributed by atoms with Gasteiger partial charge in [0.2, 0.25) is 0 Å². The molecule has 0 aromatic heterocycles. The van der Waals surface area contributed by atoms with Gasteiger partial charge in [-0.15, -0.1) is 0 Å². The molecule has 1 fully saturated rings. The molecule has 3 amide bonds. The molecule has 0 atom stereocenters. The summed E-state index contributed by atoms with van der Waals surface area (Å²) in [6, 6.07) is 7.22. The number of benzene rings is 1. The van der Waals surface area contributed by atoms with Gasteiger partial charge in [-0.05, 0) is 23.8 Å². The molecule has 0 unspecified atom stereocenters. The van der Waals surface area contributed by atoms with Gasteiger partial charge in [-0.3, -0.25) is 9.59 Å². The fourth-order valence-electron chi connectivity index (χ4n) is 2.06. The highest BCUT2D eigenvalue weighted by Gasteiger charge is 2.34. The first-order valence-corrected chi connectivity index (χ1v) is 7.28. The second kappa shape index (κ2) is 7.45. The van der Waals surface area contributed by atoms with Crippen LogP contribution in [0, 0.1) is 0 Å². The Bertz CT molecular complexity index is 705. The van der Waals surface area contributed by atoms with Gasteiger partial charge < -0.3 is 15.0 Å². The molecule has 1 saturated heterocycles. The molecule has 1 aliphatic rings. The summed E-state index contributed by atoms with van der Waals surface area (Å²) in [5.41, 5.74) is 2.16. The summed E-state index contributed by atoms with van der Waals surface area (Å²) in [7, 11) is 5.12. The van der Waals surface area contributed by atoms with Crippen LogP contribution in [-0.2, 0) is 14.3 Å². The monoisotopic (exact) mass is 329 g/mol. The number of nitrogens with zero attached hydrogens (tertiary/aromatic N) is 2. The minimum atomic E-state index is -0.656. The highest BCUT2D eigenvalue weighted by Crippen LogP contribution is 2.14. The SMILES string of the molecule is COC(=O)CN1C(=O)NC(=CC=Cc2ccc(N(C)C)cc2)C1=O. The average Bonchev–Trinajstić information content (AvgIpc) is 2.83. The molecule has 7 nitrogen and oxygen atoms in total. The van der Waals surface area contributed by atoms with E-state index in [1.807, 2.05) is 49.3 Å². The molecule has 1 aromatic rings. The third-order valence-corrected chi connectivity index (χ3v) is 3.44. The molecule has 0 spiro atoms. The van der Waals surface area contributed by atoms with E-state index < -0.39 is 24.5 Å². The van der Waals surface area contributed by atoms with Gasteiger partial charge >= 0.3 is 12.0 Å². The first-order chi connectivity index (χ1) is 11.4. The van der Waals surface area contributed by atoms with E-state index in [1.165, 1.54) is 13.2 Å². The summed E-state index contributed by atoms with van der Waals surface area (Å²) in [6.45, 7) is -0.409. The summed E-state index contributed by atoms with van der Waals surface area (Å²) in [4.78, 5) is 37.8. The molecule has 1 aliphatic heterocycles. The molecule has 0 saturated carbocycles. The van der Waals surface area contributed by atoms with Crippen LogP contribution in [0.4, 0.5) is 10.5 Å².